The van der Waals surface area contributed by atoms with Gasteiger partial charge < -0.3 is 14.8 Å². The van der Waals surface area contributed by atoms with Crippen LogP contribution in [0.1, 0.15) is 19.8 Å². The van der Waals surface area contributed by atoms with Crippen LogP contribution >= 0.6 is 11.8 Å². The van der Waals surface area contributed by atoms with E-state index in [1.54, 1.807) is 0 Å². The Hall–Kier alpha value is 0.230. The number of ether oxygens (including phenoxy) is 2. The van der Waals surface area contributed by atoms with Crippen molar-refractivity contribution in [1.82, 2.24) is 5.32 Å². The van der Waals surface area contributed by atoms with E-state index in [1.807, 2.05) is 0 Å². The molecule has 2 aliphatic rings. The SMILES string of the molecule is CNC1CCOCC1SC1CCOC1C. The highest BCUT2D eigenvalue weighted by Gasteiger charge is 2.32. The van der Waals surface area contributed by atoms with Gasteiger partial charge in [-0.1, -0.05) is 0 Å². The van der Waals surface area contributed by atoms with Crippen LogP contribution in [-0.2, 0) is 9.47 Å². The van der Waals surface area contributed by atoms with E-state index in [4.69, 9.17) is 9.47 Å². The molecule has 2 heterocycles. The largest absolute Gasteiger partial charge is 0.380 e. The Bertz CT molecular complexity index is 203. The van der Waals surface area contributed by atoms with Gasteiger partial charge in [-0.3, -0.25) is 0 Å². The molecule has 0 aromatic rings. The van der Waals surface area contributed by atoms with E-state index in [0.717, 1.165) is 26.2 Å². The third kappa shape index (κ3) is 2.87. The van der Waals surface area contributed by atoms with Crippen LogP contribution in [0.4, 0.5) is 0 Å². The van der Waals surface area contributed by atoms with Crippen molar-refractivity contribution in [2.75, 3.05) is 26.9 Å². The van der Waals surface area contributed by atoms with Crippen molar-refractivity contribution in [3.63, 3.8) is 0 Å². The first-order chi connectivity index (χ1) is 7.31. The molecule has 3 nitrogen and oxygen atoms in total. The second-order valence-electron chi connectivity index (χ2n) is 4.34. The molecule has 1 N–H and O–H groups in total. The third-order valence-corrected chi connectivity index (χ3v) is 5.11. The second kappa shape index (κ2) is 5.53. The average molecular weight is 231 g/mol. The number of thioether (sulfide) groups is 1. The fourth-order valence-electron chi connectivity index (χ4n) is 2.29. The predicted molar refractivity (Wildman–Crippen MR) is 63.5 cm³/mol. The Morgan fingerprint density at radius 1 is 1.20 bits per heavy atom. The maximum Gasteiger partial charge on any atom is 0.0666 e. The van der Waals surface area contributed by atoms with Gasteiger partial charge in [-0.25, -0.2) is 0 Å². The van der Waals surface area contributed by atoms with Crippen molar-refractivity contribution in [2.24, 2.45) is 0 Å². The Morgan fingerprint density at radius 3 is 2.73 bits per heavy atom. The summed E-state index contributed by atoms with van der Waals surface area (Å²) in [6.07, 6.45) is 2.74. The molecule has 0 aromatic heterocycles. The van der Waals surface area contributed by atoms with Crippen LogP contribution in [0.25, 0.3) is 0 Å². The summed E-state index contributed by atoms with van der Waals surface area (Å²) in [7, 11) is 2.05. The van der Waals surface area contributed by atoms with Crippen LogP contribution in [0.5, 0.6) is 0 Å². The molecular weight excluding hydrogens is 210 g/mol. The van der Waals surface area contributed by atoms with Crippen molar-refractivity contribution < 1.29 is 9.47 Å². The molecule has 0 saturated carbocycles. The van der Waals surface area contributed by atoms with E-state index in [9.17, 15) is 0 Å². The molecule has 15 heavy (non-hydrogen) atoms. The molecule has 0 spiro atoms. The van der Waals surface area contributed by atoms with Crippen LogP contribution in [0.15, 0.2) is 0 Å². The number of hydrogen-bond donors (Lipinski definition) is 1. The molecule has 4 unspecified atom stereocenters. The highest BCUT2D eigenvalue weighted by Crippen LogP contribution is 2.32. The zero-order valence-corrected chi connectivity index (χ0v) is 10.4. The summed E-state index contributed by atoms with van der Waals surface area (Å²) >= 11 is 2.06. The topological polar surface area (TPSA) is 30.5 Å². The Kier molecular flexibility index (Phi) is 4.31. The minimum Gasteiger partial charge on any atom is -0.380 e. The Balaban J connectivity index is 1.85. The van der Waals surface area contributed by atoms with Crippen molar-refractivity contribution in [1.29, 1.82) is 0 Å². The van der Waals surface area contributed by atoms with E-state index in [0.29, 0.717) is 22.6 Å². The van der Waals surface area contributed by atoms with Crippen molar-refractivity contribution >= 4 is 11.8 Å². The van der Waals surface area contributed by atoms with Gasteiger partial charge in [0.2, 0.25) is 0 Å². The average Bonchev–Trinajstić information content (AvgIpc) is 2.65. The van der Waals surface area contributed by atoms with Crippen molar-refractivity contribution in [2.45, 2.75) is 42.4 Å². The summed E-state index contributed by atoms with van der Waals surface area (Å²) < 4.78 is 11.2. The maximum atomic E-state index is 5.59. The molecular formula is C11H21NO2S. The van der Waals surface area contributed by atoms with E-state index in [2.05, 4.69) is 31.1 Å². The first-order valence-corrected chi connectivity index (χ1v) is 6.77. The van der Waals surface area contributed by atoms with Gasteiger partial charge in [0, 0.05) is 29.8 Å². The highest BCUT2D eigenvalue weighted by atomic mass is 32.2. The zero-order chi connectivity index (χ0) is 10.7. The van der Waals surface area contributed by atoms with Gasteiger partial charge in [0.1, 0.15) is 0 Å². The van der Waals surface area contributed by atoms with E-state index in [-0.39, 0.29) is 0 Å². The molecule has 2 saturated heterocycles. The summed E-state index contributed by atoms with van der Waals surface area (Å²) in [6.45, 7) is 4.90. The number of hydrogen-bond acceptors (Lipinski definition) is 4. The van der Waals surface area contributed by atoms with Gasteiger partial charge >= 0.3 is 0 Å². The standard InChI is InChI=1S/C11H21NO2S/c1-8-10(4-6-14-8)15-11-7-13-5-3-9(11)12-2/h8-12H,3-7H2,1-2H3. The summed E-state index contributed by atoms with van der Waals surface area (Å²) in [5.74, 6) is 0. The lowest BCUT2D eigenvalue weighted by Gasteiger charge is -2.33. The molecule has 2 aliphatic heterocycles. The molecule has 2 fully saturated rings. The highest BCUT2D eigenvalue weighted by molar-refractivity contribution is 8.00. The van der Waals surface area contributed by atoms with Crippen LogP contribution in [0.3, 0.4) is 0 Å². The maximum absolute atomic E-state index is 5.59. The number of nitrogens with one attached hydrogen (secondary N) is 1. The molecule has 0 aliphatic carbocycles. The first-order valence-electron chi connectivity index (χ1n) is 5.83. The summed E-state index contributed by atoms with van der Waals surface area (Å²) in [5.41, 5.74) is 0. The lowest BCUT2D eigenvalue weighted by Crippen LogP contribution is -2.44. The van der Waals surface area contributed by atoms with Crippen molar-refractivity contribution in [3.05, 3.63) is 0 Å². The lowest BCUT2D eigenvalue weighted by atomic mass is 10.1. The van der Waals surface area contributed by atoms with Gasteiger partial charge in [0.05, 0.1) is 12.7 Å². The quantitative estimate of drug-likeness (QED) is 0.792. The monoisotopic (exact) mass is 231 g/mol. The molecule has 88 valence electrons. The lowest BCUT2D eigenvalue weighted by molar-refractivity contribution is 0.0845. The van der Waals surface area contributed by atoms with E-state index >= 15 is 0 Å². The van der Waals surface area contributed by atoms with Crippen LogP contribution in [0.2, 0.25) is 0 Å². The summed E-state index contributed by atoms with van der Waals surface area (Å²) in [5, 5.41) is 4.66. The van der Waals surface area contributed by atoms with Crippen LogP contribution in [0, 0.1) is 0 Å². The molecule has 2 rings (SSSR count). The van der Waals surface area contributed by atoms with E-state index < -0.39 is 0 Å². The minimum atomic E-state index is 0.412. The van der Waals surface area contributed by atoms with Crippen LogP contribution in [-0.4, -0.2) is 49.5 Å². The fraction of sp³-hybridized carbons (Fsp3) is 1.00. The van der Waals surface area contributed by atoms with E-state index in [1.165, 1.54) is 6.42 Å². The summed E-state index contributed by atoms with van der Waals surface area (Å²) in [4.78, 5) is 0. The second-order valence-corrected chi connectivity index (χ2v) is 5.82. The Labute approximate surface area is 96.3 Å². The van der Waals surface area contributed by atoms with Crippen LogP contribution < -0.4 is 5.32 Å². The number of rotatable bonds is 3. The molecule has 0 bridgehead atoms. The molecule has 0 amide bonds. The third-order valence-electron chi connectivity index (χ3n) is 3.33. The van der Waals surface area contributed by atoms with Gasteiger partial charge in [0.15, 0.2) is 0 Å². The zero-order valence-electron chi connectivity index (χ0n) is 9.57. The Morgan fingerprint density at radius 2 is 2.07 bits per heavy atom. The van der Waals surface area contributed by atoms with Gasteiger partial charge in [0.25, 0.3) is 0 Å². The van der Waals surface area contributed by atoms with Gasteiger partial charge in [-0.2, -0.15) is 0 Å². The fourth-order valence-corrected chi connectivity index (χ4v) is 3.91. The summed E-state index contributed by atoms with van der Waals surface area (Å²) in [6, 6.07) is 0.608. The minimum absolute atomic E-state index is 0.412. The molecule has 0 radical (unpaired) electrons. The van der Waals surface area contributed by atoms with Crippen molar-refractivity contribution in [3.8, 4) is 0 Å². The van der Waals surface area contributed by atoms with Gasteiger partial charge in [-0.05, 0) is 26.8 Å². The first kappa shape index (κ1) is 11.7. The molecule has 0 aromatic carbocycles. The predicted octanol–water partition coefficient (Wildman–Crippen LogP) is 1.27. The normalized spacial score (nSPS) is 42.0. The molecule has 4 atom stereocenters. The smallest absolute Gasteiger partial charge is 0.0666 e. The van der Waals surface area contributed by atoms with Gasteiger partial charge in [-0.15, -0.1) is 11.8 Å². The molecule has 4 heteroatoms.